The zero-order valence-corrected chi connectivity index (χ0v) is 11.6. The summed E-state index contributed by atoms with van der Waals surface area (Å²) in [5.41, 5.74) is 7.00. The Labute approximate surface area is 121 Å². The standard InChI is InChI=1S/C14H17N5O2/c15-7-10-2-1-5-18(9-10)14-8-16-13-6-11(19(20)21)3-4-12(13)17-14/h3-4,6,8,10H,1-2,5,7,9,15H2/t10-/m0/s1. The molecule has 1 aliphatic heterocycles. The minimum absolute atomic E-state index is 0.0331. The van der Waals surface area contributed by atoms with Crippen LogP contribution in [0.1, 0.15) is 12.8 Å². The summed E-state index contributed by atoms with van der Waals surface area (Å²) in [6.07, 6.45) is 3.94. The molecule has 3 rings (SSSR count). The number of nitrogens with two attached hydrogens (primary N) is 1. The molecule has 2 heterocycles. The first-order chi connectivity index (χ1) is 10.2. The Balaban J connectivity index is 1.90. The van der Waals surface area contributed by atoms with Gasteiger partial charge in [0.15, 0.2) is 0 Å². The Morgan fingerprint density at radius 3 is 3.05 bits per heavy atom. The predicted molar refractivity (Wildman–Crippen MR) is 80.2 cm³/mol. The van der Waals surface area contributed by atoms with Crippen molar-refractivity contribution in [2.45, 2.75) is 12.8 Å². The van der Waals surface area contributed by atoms with E-state index in [1.807, 2.05) is 0 Å². The second kappa shape index (κ2) is 5.61. The fourth-order valence-corrected chi connectivity index (χ4v) is 2.72. The van der Waals surface area contributed by atoms with Gasteiger partial charge in [0.1, 0.15) is 5.82 Å². The lowest BCUT2D eigenvalue weighted by Gasteiger charge is -2.32. The maximum absolute atomic E-state index is 10.8. The van der Waals surface area contributed by atoms with Crippen molar-refractivity contribution >= 4 is 22.5 Å². The van der Waals surface area contributed by atoms with E-state index in [4.69, 9.17) is 5.73 Å². The molecule has 0 unspecified atom stereocenters. The summed E-state index contributed by atoms with van der Waals surface area (Å²) in [5.74, 6) is 1.31. The van der Waals surface area contributed by atoms with Crippen LogP contribution in [0.4, 0.5) is 11.5 Å². The Kier molecular flexibility index (Phi) is 3.66. The number of rotatable bonds is 3. The normalized spacial score (nSPS) is 18.9. The number of piperidine rings is 1. The van der Waals surface area contributed by atoms with Crippen molar-refractivity contribution in [3.8, 4) is 0 Å². The fraction of sp³-hybridized carbons (Fsp3) is 0.429. The minimum atomic E-state index is -0.425. The highest BCUT2D eigenvalue weighted by Crippen LogP contribution is 2.24. The van der Waals surface area contributed by atoms with Gasteiger partial charge in [0.25, 0.3) is 5.69 Å². The van der Waals surface area contributed by atoms with Crippen LogP contribution in [-0.4, -0.2) is 34.5 Å². The second-order valence-electron chi connectivity index (χ2n) is 5.35. The SMILES string of the molecule is NC[C@@H]1CCCN(c2cnc3cc([N+](=O)[O-])ccc3n2)C1. The van der Waals surface area contributed by atoms with Gasteiger partial charge >= 0.3 is 0 Å². The van der Waals surface area contributed by atoms with Crippen molar-refractivity contribution < 1.29 is 4.92 Å². The maximum Gasteiger partial charge on any atom is 0.271 e. The number of nitro groups is 1. The lowest BCUT2D eigenvalue weighted by Crippen LogP contribution is -2.38. The van der Waals surface area contributed by atoms with Crippen LogP contribution in [0.25, 0.3) is 11.0 Å². The molecule has 1 saturated heterocycles. The molecule has 7 heteroatoms. The molecular formula is C14H17N5O2. The third-order valence-electron chi connectivity index (χ3n) is 3.90. The van der Waals surface area contributed by atoms with E-state index in [1.54, 1.807) is 12.3 Å². The Morgan fingerprint density at radius 2 is 2.29 bits per heavy atom. The van der Waals surface area contributed by atoms with Crippen LogP contribution >= 0.6 is 0 Å². The summed E-state index contributed by atoms with van der Waals surface area (Å²) in [6, 6.07) is 4.55. The van der Waals surface area contributed by atoms with Crippen molar-refractivity contribution in [2.75, 3.05) is 24.5 Å². The molecule has 0 bridgehead atoms. The van der Waals surface area contributed by atoms with E-state index in [-0.39, 0.29) is 5.69 Å². The molecule has 1 aromatic carbocycles. The molecule has 0 saturated carbocycles. The Morgan fingerprint density at radius 1 is 1.43 bits per heavy atom. The van der Waals surface area contributed by atoms with Gasteiger partial charge in [0, 0.05) is 25.2 Å². The molecule has 1 aliphatic rings. The summed E-state index contributed by atoms with van der Waals surface area (Å²) in [7, 11) is 0. The van der Waals surface area contributed by atoms with Crippen LogP contribution in [0.15, 0.2) is 24.4 Å². The molecule has 2 N–H and O–H groups in total. The monoisotopic (exact) mass is 287 g/mol. The van der Waals surface area contributed by atoms with Gasteiger partial charge in [0.2, 0.25) is 0 Å². The van der Waals surface area contributed by atoms with E-state index in [1.165, 1.54) is 12.1 Å². The van der Waals surface area contributed by atoms with Gasteiger partial charge in [-0.3, -0.25) is 15.1 Å². The minimum Gasteiger partial charge on any atom is -0.355 e. The van der Waals surface area contributed by atoms with E-state index >= 15 is 0 Å². The number of hydrogen-bond donors (Lipinski definition) is 1. The Hall–Kier alpha value is -2.28. The lowest BCUT2D eigenvalue weighted by atomic mass is 9.98. The third-order valence-corrected chi connectivity index (χ3v) is 3.90. The predicted octanol–water partition coefficient (Wildman–Crippen LogP) is 1.71. The van der Waals surface area contributed by atoms with Gasteiger partial charge in [0.05, 0.1) is 22.2 Å². The number of nitro benzene ring substituents is 1. The average Bonchev–Trinajstić information content (AvgIpc) is 2.53. The molecule has 2 aromatic rings. The zero-order chi connectivity index (χ0) is 14.8. The second-order valence-corrected chi connectivity index (χ2v) is 5.35. The summed E-state index contributed by atoms with van der Waals surface area (Å²) in [6.45, 7) is 2.52. The molecule has 0 spiro atoms. The van der Waals surface area contributed by atoms with Crippen molar-refractivity contribution in [3.63, 3.8) is 0 Å². The van der Waals surface area contributed by atoms with Crippen molar-refractivity contribution in [2.24, 2.45) is 11.7 Å². The molecular weight excluding hydrogens is 270 g/mol. The van der Waals surface area contributed by atoms with Crippen LogP contribution in [0.2, 0.25) is 0 Å². The van der Waals surface area contributed by atoms with Gasteiger partial charge in [-0.25, -0.2) is 4.98 Å². The third kappa shape index (κ3) is 2.78. The highest BCUT2D eigenvalue weighted by molar-refractivity contribution is 5.78. The van der Waals surface area contributed by atoms with Crippen molar-refractivity contribution in [1.82, 2.24) is 9.97 Å². The summed E-state index contributed by atoms with van der Waals surface area (Å²) >= 11 is 0. The molecule has 1 aromatic heterocycles. The summed E-state index contributed by atoms with van der Waals surface area (Å²) < 4.78 is 0. The number of benzene rings is 1. The number of nitrogens with zero attached hydrogens (tertiary/aromatic N) is 4. The van der Waals surface area contributed by atoms with Crippen LogP contribution in [-0.2, 0) is 0 Å². The van der Waals surface area contributed by atoms with Gasteiger partial charge in [-0.1, -0.05) is 0 Å². The van der Waals surface area contributed by atoms with E-state index in [9.17, 15) is 10.1 Å². The van der Waals surface area contributed by atoms with Gasteiger partial charge in [-0.15, -0.1) is 0 Å². The molecule has 21 heavy (non-hydrogen) atoms. The Bertz CT molecular complexity index is 675. The smallest absolute Gasteiger partial charge is 0.271 e. The first kappa shape index (κ1) is 13.7. The molecule has 7 nitrogen and oxygen atoms in total. The number of anilines is 1. The first-order valence-electron chi connectivity index (χ1n) is 7.03. The largest absolute Gasteiger partial charge is 0.355 e. The van der Waals surface area contributed by atoms with E-state index in [0.717, 1.165) is 31.7 Å². The highest BCUT2D eigenvalue weighted by atomic mass is 16.6. The average molecular weight is 287 g/mol. The molecule has 110 valence electrons. The van der Waals surface area contributed by atoms with Crippen LogP contribution in [0.5, 0.6) is 0 Å². The van der Waals surface area contributed by atoms with Crippen molar-refractivity contribution in [1.29, 1.82) is 0 Å². The number of aromatic nitrogens is 2. The molecule has 1 atom stereocenters. The molecule has 0 amide bonds. The van der Waals surface area contributed by atoms with Crippen LogP contribution in [0.3, 0.4) is 0 Å². The van der Waals surface area contributed by atoms with Gasteiger partial charge in [-0.2, -0.15) is 0 Å². The number of non-ortho nitro benzene ring substituents is 1. The van der Waals surface area contributed by atoms with Gasteiger partial charge < -0.3 is 10.6 Å². The molecule has 0 aliphatic carbocycles. The van der Waals surface area contributed by atoms with E-state index in [2.05, 4.69) is 14.9 Å². The summed E-state index contributed by atoms with van der Waals surface area (Å²) in [5, 5.41) is 10.8. The topological polar surface area (TPSA) is 98.2 Å². The van der Waals surface area contributed by atoms with Crippen LogP contribution < -0.4 is 10.6 Å². The van der Waals surface area contributed by atoms with E-state index < -0.39 is 4.92 Å². The quantitative estimate of drug-likeness (QED) is 0.681. The maximum atomic E-state index is 10.8. The lowest BCUT2D eigenvalue weighted by molar-refractivity contribution is -0.384. The number of fused-ring (bicyclic) bond motifs is 1. The zero-order valence-electron chi connectivity index (χ0n) is 11.6. The number of hydrogen-bond acceptors (Lipinski definition) is 6. The highest BCUT2D eigenvalue weighted by Gasteiger charge is 2.20. The van der Waals surface area contributed by atoms with Gasteiger partial charge in [-0.05, 0) is 31.4 Å². The van der Waals surface area contributed by atoms with Crippen molar-refractivity contribution in [3.05, 3.63) is 34.5 Å². The summed E-state index contributed by atoms with van der Waals surface area (Å²) in [4.78, 5) is 21.4. The van der Waals surface area contributed by atoms with Crippen LogP contribution in [0, 0.1) is 16.0 Å². The fourth-order valence-electron chi connectivity index (χ4n) is 2.72. The van der Waals surface area contributed by atoms with E-state index in [0.29, 0.717) is 23.5 Å². The molecule has 0 radical (unpaired) electrons. The molecule has 1 fully saturated rings. The first-order valence-corrected chi connectivity index (χ1v) is 7.03.